The molecule has 4 nitrogen and oxygen atoms in total. The highest BCUT2D eigenvalue weighted by Gasteiger charge is 2.39. The predicted molar refractivity (Wildman–Crippen MR) is 73.8 cm³/mol. The third kappa shape index (κ3) is 3.76. The summed E-state index contributed by atoms with van der Waals surface area (Å²) in [4.78, 5) is 0. The molecule has 2 rings (SSSR count). The number of rotatable bonds is 6. The maximum atomic E-state index is 9.85. The Hall–Kier alpha value is -0.940. The SMILES string of the molecule is OC[C@@H]1N[C@@H](CCCCc2ccccc2)[C@H](O)[C@H]1O. The molecular formula is C15H23NO3. The summed E-state index contributed by atoms with van der Waals surface area (Å²) >= 11 is 0. The minimum Gasteiger partial charge on any atom is -0.395 e. The minimum atomic E-state index is -0.857. The Kier molecular flexibility index (Phi) is 5.34. The number of unbranched alkanes of at least 4 members (excludes halogenated alkanes) is 1. The second-order valence-corrected chi connectivity index (χ2v) is 5.27. The van der Waals surface area contributed by atoms with E-state index in [9.17, 15) is 10.2 Å². The summed E-state index contributed by atoms with van der Waals surface area (Å²) < 4.78 is 0. The van der Waals surface area contributed by atoms with E-state index in [0.29, 0.717) is 0 Å². The van der Waals surface area contributed by atoms with E-state index in [2.05, 4.69) is 17.4 Å². The molecule has 1 saturated heterocycles. The number of nitrogens with one attached hydrogen (secondary N) is 1. The number of aliphatic hydroxyl groups excluding tert-OH is 3. The van der Waals surface area contributed by atoms with Gasteiger partial charge >= 0.3 is 0 Å². The van der Waals surface area contributed by atoms with Crippen LogP contribution in [0.15, 0.2) is 30.3 Å². The number of hydrogen-bond donors (Lipinski definition) is 4. The van der Waals surface area contributed by atoms with Gasteiger partial charge < -0.3 is 20.6 Å². The molecule has 4 N–H and O–H groups in total. The van der Waals surface area contributed by atoms with Crippen LogP contribution < -0.4 is 5.32 Å². The van der Waals surface area contributed by atoms with Crippen LogP contribution >= 0.6 is 0 Å². The number of benzene rings is 1. The van der Waals surface area contributed by atoms with Gasteiger partial charge in [0, 0.05) is 6.04 Å². The molecule has 1 fully saturated rings. The van der Waals surface area contributed by atoms with Crippen LogP contribution in [-0.2, 0) is 6.42 Å². The van der Waals surface area contributed by atoms with E-state index in [-0.39, 0.29) is 12.6 Å². The van der Waals surface area contributed by atoms with Crippen LogP contribution in [0.2, 0.25) is 0 Å². The van der Waals surface area contributed by atoms with Gasteiger partial charge in [0.05, 0.1) is 24.9 Å². The zero-order chi connectivity index (χ0) is 13.7. The van der Waals surface area contributed by atoms with E-state index in [1.807, 2.05) is 18.2 Å². The maximum absolute atomic E-state index is 9.85. The summed E-state index contributed by atoms with van der Waals surface area (Å²) in [5.41, 5.74) is 1.33. The summed E-state index contributed by atoms with van der Waals surface area (Å²) in [6, 6.07) is 9.83. The lowest BCUT2D eigenvalue weighted by Crippen LogP contribution is -2.36. The molecule has 1 aromatic carbocycles. The van der Waals surface area contributed by atoms with Gasteiger partial charge in [-0.2, -0.15) is 0 Å². The van der Waals surface area contributed by atoms with Crippen molar-refractivity contribution in [3.63, 3.8) is 0 Å². The molecule has 0 unspecified atom stereocenters. The summed E-state index contributed by atoms with van der Waals surface area (Å²) in [6.07, 6.45) is 2.29. The summed E-state index contributed by atoms with van der Waals surface area (Å²) in [7, 11) is 0. The third-order valence-corrected chi connectivity index (χ3v) is 3.87. The summed E-state index contributed by atoms with van der Waals surface area (Å²) in [5, 5.41) is 31.7. The molecule has 0 aliphatic carbocycles. The first-order chi connectivity index (χ1) is 9.22. The molecule has 4 heteroatoms. The fourth-order valence-corrected chi connectivity index (χ4v) is 2.70. The van der Waals surface area contributed by atoms with Crippen LogP contribution in [-0.4, -0.2) is 46.2 Å². The van der Waals surface area contributed by atoms with Gasteiger partial charge in [-0.05, 0) is 24.8 Å². The Morgan fingerprint density at radius 3 is 2.26 bits per heavy atom. The molecule has 0 aromatic heterocycles. The Labute approximate surface area is 114 Å². The summed E-state index contributed by atoms with van der Waals surface area (Å²) in [5.74, 6) is 0. The second-order valence-electron chi connectivity index (χ2n) is 5.27. The fourth-order valence-electron chi connectivity index (χ4n) is 2.70. The van der Waals surface area contributed by atoms with Crippen LogP contribution in [0.3, 0.4) is 0 Å². The van der Waals surface area contributed by atoms with E-state index in [4.69, 9.17) is 5.11 Å². The number of aliphatic hydroxyl groups is 3. The van der Waals surface area contributed by atoms with Gasteiger partial charge in [0.15, 0.2) is 0 Å². The molecule has 1 aliphatic heterocycles. The maximum Gasteiger partial charge on any atom is 0.0989 e. The number of hydrogen-bond acceptors (Lipinski definition) is 4. The molecule has 1 aromatic rings. The van der Waals surface area contributed by atoms with Crippen molar-refractivity contribution in [2.75, 3.05) is 6.61 Å². The quantitative estimate of drug-likeness (QED) is 0.564. The lowest BCUT2D eigenvalue weighted by molar-refractivity contribution is 0.0186. The Morgan fingerprint density at radius 2 is 1.63 bits per heavy atom. The van der Waals surface area contributed by atoms with Gasteiger partial charge in [0.1, 0.15) is 0 Å². The molecule has 0 bridgehead atoms. The Balaban J connectivity index is 1.69. The van der Waals surface area contributed by atoms with Crippen molar-refractivity contribution < 1.29 is 15.3 Å². The highest BCUT2D eigenvalue weighted by molar-refractivity contribution is 5.14. The van der Waals surface area contributed by atoms with Gasteiger partial charge in [0.2, 0.25) is 0 Å². The van der Waals surface area contributed by atoms with Crippen molar-refractivity contribution in [3.8, 4) is 0 Å². The highest BCUT2D eigenvalue weighted by Crippen LogP contribution is 2.19. The lowest BCUT2D eigenvalue weighted by Gasteiger charge is -2.15. The van der Waals surface area contributed by atoms with Crippen molar-refractivity contribution in [2.45, 2.75) is 50.0 Å². The van der Waals surface area contributed by atoms with Gasteiger partial charge in [-0.3, -0.25) is 0 Å². The molecule has 1 aliphatic rings. The molecule has 19 heavy (non-hydrogen) atoms. The van der Waals surface area contributed by atoms with Gasteiger partial charge in [0.25, 0.3) is 0 Å². The van der Waals surface area contributed by atoms with Crippen molar-refractivity contribution in [1.82, 2.24) is 5.32 Å². The zero-order valence-electron chi connectivity index (χ0n) is 11.1. The van der Waals surface area contributed by atoms with Crippen LogP contribution in [0.4, 0.5) is 0 Å². The summed E-state index contributed by atoms with van der Waals surface area (Å²) in [6.45, 7) is -0.140. The Bertz CT molecular complexity index is 371. The third-order valence-electron chi connectivity index (χ3n) is 3.87. The van der Waals surface area contributed by atoms with E-state index in [1.54, 1.807) is 0 Å². The molecule has 106 valence electrons. The Morgan fingerprint density at radius 1 is 0.947 bits per heavy atom. The first-order valence-electron chi connectivity index (χ1n) is 6.99. The largest absolute Gasteiger partial charge is 0.395 e. The second kappa shape index (κ2) is 7.01. The average molecular weight is 265 g/mol. The van der Waals surface area contributed by atoms with Crippen LogP contribution in [0.25, 0.3) is 0 Å². The van der Waals surface area contributed by atoms with Crippen molar-refractivity contribution in [3.05, 3.63) is 35.9 Å². The van der Waals surface area contributed by atoms with E-state index in [0.717, 1.165) is 25.7 Å². The molecular weight excluding hydrogens is 242 g/mol. The van der Waals surface area contributed by atoms with Crippen LogP contribution in [0.1, 0.15) is 24.8 Å². The monoisotopic (exact) mass is 265 g/mol. The molecule has 4 atom stereocenters. The standard InChI is InChI=1S/C15H23NO3/c17-10-13-15(19)14(18)12(16-13)9-5-4-8-11-6-2-1-3-7-11/h1-3,6-7,12-19H,4-5,8-10H2/t12-,13-,14-,15-/m0/s1. The molecule has 0 saturated carbocycles. The topological polar surface area (TPSA) is 72.7 Å². The van der Waals surface area contributed by atoms with Crippen molar-refractivity contribution in [2.24, 2.45) is 0 Å². The molecule has 1 heterocycles. The van der Waals surface area contributed by atoms with Crippen molar-refractivity contribution >= 4 is 0 Å². The van der Waals surface area contributed by atoms with E-state index in [1.165, 1.54) is 5.56 Å². The van der Waals surface area contributed by atoms with Crippen LogP contribution in [0, 0.1) is 0 Å². The van der Waals surface area contributed by atoms with Crippen molar-refractivity contribution in [1.29, 1.82) is 0 Å². The van der Waals surface area contributed by atoms with Gasteiger partial charge in [-0.1, -0.05) is 36.8 Å². The fraction of sp³-hybridized carbons (Fsp3) is 0.600. The smallest absolute Gasteiger partial charge is 0.0989 e. The predicted octanol–water partition coefficient (Wildman–Crippen LogP) is 0.454. The average Bonchev–Trinajstić information content (AvgIpc) is 2.72. The first kappa shape index (κ1) is 14.5. The van der Waals surface area contributed by atoms with Gasteiger partial charge in [-0.25, -0.2) is 0 Å². The normalized spacial score (nSPS) is 30.7. The molecule has 0 spiro atoms. The molecule has 0 radical (unpaired) electrons. The first-order valence-corrected chi connectivity index (χ1v) is 6.99. The van der Waals surface area contributed by atoms with Crippen LogP contribution in [0.5, 0.6) is 0 Å². The van der Waals surface area contributed by atoms with E-state index < -0.39 is 18.2 Å². The zero-order valence-corrected chi connectivity index (χ0v) is 11.1. The highest BCUT2D eigenvalue weighted by atomic mass is 16.3. The minimum absolute atomic E-state index is 0.108. The molecule has 0 amide bonds. The van der Waals surface area contributed by atoms with E-state index >= 15 is 0 Å². The lowest BCUT2D eigenvalue weighted by atomic mass is 10.0. The number of aryl methyl sites for hydroxylation is 1. The van der Waals surface area contributed by atoms with Gasteiger partial charge in [-0.15, -0.1) is 0 Å².